The molecule has 0 aliphatic rings. The summed E-state index contributed by atoms with van der Waals surface area (Å²) in [5.41, 5.74) is 10.5. The van der Waals surface area contributed by atoms with Crippen molar-refractivity contribution in [1.82, 2.24) is 16.0 Å². The number of rotatable bonds is 15. The van der Waals surface area contributed by atoms with E-state index in [1.54, 1.807) is 0 Å². The van der Waals surface area contributed by atoms with Gasteiger partial charge in [0.1, 0.15) is 18.1 Å². The summed E-state index contributed by atoms with van der Waals surface area (Å²) in [4.78, 5) is 59.1. The summed E-state index contributed by atoms with van der Waals surface area (Å²) in [7, 11) is 0. The number of hydrogen-bond acceptors (Lipinski definition) is 8. The molecule has 0 rings (SSSR count). The van der Waals surface area contributed by atoms with Gasteiger partial charge in [-0.25, -0.2) is 4.79 Å². The molecule has 0 fully saturated rings. The van der Waals surface area contributed by atoms with E-state index in [9.17, 15) is 29.1 Å². The van der Waals surface area contributed by atoms with Crippen LogP contribution in [0.15, 0.2) is 0 Å². The van der Waals surface area contributed by atoms with Gasteiger partial charge in [-0.3, -0.25) is 19.2 Å². The maximum Gasteiger partial charge on any atom is 0.326 e. The lowest BCUT2D eigenvalue weighted by molar-refractivity contribution is -0.142. The van der Waals surface area contributed by atoms with Crippen molar-refractivity contribution in [2.45, 2.75) is 50.4 Å². The number of hydrogen-bond donors (Lipinski definition) is 6. The van der Waals surface area contributed by atoms with Gasteiger partial charge in [0.15, 0.2) is 0 Å². The van der Waals surface area contributed by atoms with Crippen LogP contribution in [0.4, 0.5) is 0 Å². The quantitative estimate of drug-likeness (QED) is 0.163. The number of carbonyl (C=O) groups is 5. The van der Waals surface area contributed by atoms with Crippen LogP contribution in [0, 0.1) is 0 Å². The molecule has 0 spiro atoms. The number of amides is 4. The minimum atomic E-state index is -1.19. The second-order valence-electron chi connectivity index (χ2n) is 6.53. The summed E-state index contributed by atoms with van der Waals surface area (Å²) in [5, 5.41) is 16.6. The van der Waals surface area contributed by atoms with E-state index in [0.717, 1.165) is 0 Å². The molecule has 0 aromatic carbocycles. The van der Waals surface area contributed by atoms with E-state index >= 15 is 0 Å². The molecule has 0 aliphatic carbocycles. The van der Waals surface area contributed by atoms with Gasteiger partial charge in [0.2, 0.25) is 23.6 Å². The first-order valence-corrected chi connectivity index (χ1v) is 12.0. The summed E-state index contributed by atoms with van der Waals surface area (Å²) in [6.45, 7) is 1.40. The number of carbonyl (C=O) groups excluding carboxylic acids is 4. The van der Waals surface area contributed by atoms with Gasteiger partial charge < -0.3 is 32.5 Å². The standard InChI is InChI=1S/C17H31N5O6S2/c1-9(20-15(25)10(18)8-13(19)23)14(24)21-11(4-6-29-2)16(26)22-12(17(27)28)5-7-30-3/h9-12H,4-8,18H2,1-3H3,(H2,19,23)(H,20,25)(H,21,24)(H,22,26)(H,27,28). The predicted octanol–water partition coefficient (Wildman–Crippen LogP) is -1.75. The molecule has 0 bridgehead atoms. The first-order valence-electron chi connectivity index (χ1n) is 9.19. The largest absolute Gasteiger partial charge is 0.480 e. The van der Waals surface area contributed by atoms with Crippen LogP contribution in [0.5, 0.6) is 0 Å². The molecule has 172 valence electrons. The van der Waals surface area contributed by atoms with Crippen LogP contribution in [0.25, 0.3) is 0 Å². The van der Waals surface area contributed by atoms with E-state index in [-0.39, 0.29) is 19.3 Å². The highest BCUT2D eigenvalue weighted by molar-refractivity contribution is 7.98. The Balaban J connectivity index is 5.02. The molecule has 0 saturated heterocycles. The molecule has 0 saturated carbocycles. The Labute approximate surface area is 184 Å². The number of aliphatic carboxylic acids is 1. The SMILES string of the molecule is CSCCC(NC(=O)C(CCSC)NC(=O)C(C)NC(=O)C(N)CC(N)=O)C(=O)O. The molecule has 0 heterocycles. The van der Waals surface area contributed by atoms with Gasteiger partial charge >= 0.3 is 5.97 Å². The molecular formula is C17H31N5O6S2. The van der Waals surface area contributed by atoms with Gasteiger partial charge in [-0.2, -0.15) is 23.5 Å². The van der Waals surface area contributed by atoms with Crippen LogP contribution in [0.2, 0.25) is 0 Å². The molecule has 8 N–H and O–H groups in total. The first kappa shape index (κ1) is 28.0. The Kier molecular flexibility index (Phi) is 13.9. The molecule has 13 heteroatoms. The van der Waals surface area contributed by atoms with Crippen LogP contribution in [0.3, 0.4) is 0 Å². The van der Waals surface area contributed by atoms with E-state index in [4.69, 9.17) is 11.5 Å². The van der Waals surface area contributed by atoms with Crippen LogP contribution < -0.4 is 27.4 Å². The van der Waals surface area contributed by atoms with Crippen LogP contribution in [-0.4, -0.2) is 82.9 Å². The van der Waals surface area contributed by atoms with Crippen LogP contribution >= 0.6 is 23.5 Å². The summed E-state index contributed by atoms with van der Waals surface area (Å²) in [6.07, 6.45) is 3.81. The number of nitrogens with two attached hydrogens (primary N) is 2. The van der Waals surface area contributed by atoms with E-state index < -0.39 is 53.8 Å². The summed E-state index contributed by atoms with van der Waals surface area (Å²) >= 11 is 2.92. The van der Waals surface area contributed by atoms with Crippen LogP contribution in [-0.2, 0) is 24.0 Å². The molecule has 0 aliphatic heterocycles. The predicted molar refractivity (Wildman–Crippen MR) is 117 cm³/mol. The second kappa shape index (κ2) is 14.9. The number of thioether (sulfide) groups is 2. The Hall–Kier alpha value is -1.99. The Morgan fingerprint density at radius 3 is 1.83 bits per heavy atom. The highest BCUT2D eigenvalue weighted by atomic mass is 32.2. The summed E-state index contributed by atoms with van der Waals surface area (Å²) in [6, 6.07) is -4.27. The minimum Gasteiger partial charge on any atom is -0.480 e. The molecule has 0 aromatic rings. The Bertz CT molecular complexity index is 621. The van der Waals surface area contributed by atoms with Gasteiger partial charge in [-0.15, -0.1) is 0 Å². The van der Waals surface area contributed by atoms with Gasteiger partial charge in [0, 0.05) is 0 Å². The third kappa shape index (κ3) is 11.3. The van der Waals surface area contributed by atoms with Crippen LogP contribution in [0.1, 0.15) is 26.2 Å². The highest BCUT2D eigenvalue weighted by Crippen LogP contribution is 2.05. The normalized spacial score (nSPS) is 14.7. The molecular weight excluding hydrogens is 434 g/mol. The number of carboxylic acid groups (broad SMARTS) is 1. The topological polar surface area (TPSA) is 194 Å². The zero-order valence-electron chi connectivity index (χ0n) is 17.3. The fraction of sp³-hybridized carbons (Fsp3) is 0.706. The average Bonchev–Trinajstić information content (AvgIpc) is 2.66. The zero-order valence-corrected chi connectivity index (χ0v) is 18.9. The maximum absolute atomic E-state index is 12.6. The fourth-order valence-corrected chi connectivity index (χ4v) is 3.20. The molecule has 0 radical (unpaired) electrons. The monoisotopic (exact) mass is 465 g/mol. The minimum absolute atomic E-state index is 0.246. The fourth-order valence-electron chi connectivity index (χ4n) is 2.26. The van der Waals surface area contributed by atoms with Gasteiger partial charge in [0.25, 0.3) is 0 Å². The van der Waals surface area contributed by atoms with Crippen molar-refractivity contribution in [3.63, 3.8) is 0 Å². The second-order valence-corrected chi connectivity index (χ2v) is 8.50. The van der Waals surface area contributed by atoms with Crippen molar-refractivity contribution in [3.05, 3.63) is 0 Å². The third-order valence-electron chi connectivity index (χ3n) is 3.98. The lowest BCUT2D eigenvalue weighted by atomic mass is 10.1. The maximum atomic E-state index is 12.6. The lowest BCUT2D eigenvalue weighted by Gasteiger charge is -2.23. The molecule has 4 unspecified atom stereocenters. The van der Waals surface area contributed by atoms with Crippen molar-refractivity contribution in [1.29, 1.82) is 0 Å². The zero-order chi connectivity index (χ0) is 23.3. The molecule has 11 nitrogen and oxygen atoms in total. The van der Waals surface area contributed by atoms with Gasteiger partial charge in [-0.05, 0) is 43.8 Å². The summed E-state index contributed by atoms with van der Waals surface area (Å²) in [5.74, 6) is -2.81. The van der Waals surface area contributed by atoms with Gasteiger partial charge in [0.05, 0.1) is 12.5 Å². The molecule has 4 amide bonds. The average molecular weight is 466 g/mol. The van der Waals surface area contributed by atoms with Crippen molar-refractivity contribution in [2.75, 3.05) is 24.0 Å². The van der Waals surface area contributed by atoms with Crippen molar-refractivity contribution >= 4 is 53.1 Å². The Morgan fingerprint density at radius 1 is 0.867 bits per heavy atom. The highest BCUT2D eigenvalue weighted by Gasteiger charge is 2.28. The molecule has 0 aromatic heterocycles. The van der Waals surface area contributed by atoms with Crippen molar-refractivity contribution in [2.24, 2.45) is 11.5 Å². The van der Waals surface area contributed by atoms with E-state index in [0.29, 0.717) is 11.5 Å². The van der Waals surface area contributed by atoms with Gasteiger partial charge in [-0.1, -0.05) is 0 Å². The third-order valence-corrected chi connectivity index (χ3v) is 5.27. The smallest absolute Gasteiger partial charge is 0.326 e. The number of carboxylic acids is 1. The Morgan fingerprint density at radius 2 is 1.37 bits per heavy atom. The van der Waals surface area contributed by atoms with Crippen molar-refractivity contribution in [3.8, 4) is 0 Å². The number of nitrogens with one attached hydrogen (secondary N) is 3. The van der Waals surface area contributed by atoms with E-state index in [1.807, 2.05) is 12.5 Å². The van der Waals surface area contributed by atoms with E-state index in [1.165, 1.54) is 30.4 Å². The number of primary amides is 1. The summed E-state index contributed by atoms with van der Waals surface area (Å²) < 4.78 is 0. The molecule has 30 heavy (non-hydrogen) atoms. The van der Waals surface area contributed by atoms with Crippen molar-refractivity contribution < 1.29 is 29.1 Å². The van der Waals surface area contributed by atoms with E-state index in [2.05, 4.69) is 16.0 Å². The molecule has 4 atom stereocenters. The first-order chi connectivity index (χ1) is 14.0. The lowest BCUT2D eigenvalue weighted by Crippen LogP contribution is -2.56.